The van der Waals surface area contributed by atoms with E-state index in [1.807, 2.05) is 30.3 Å². The predicted octanol–water partition coefficient (Wildman–Crippen LogP) is 5.81. The van der Waals surface area contributed by atoms with E-state index in [9.17, 15) is 9.18 Å². The van der Waals surface area contributed by atoms with Gasteiger partial charge in [0, 0.05) is 11.8 Å². The Balaban J connectivity index is 1.54. The van der Waals surface area contributed by atoms with Crippen LogP contribution in [-0.2, 0) is 11.2 Å². The average molecular weight is 413 g/mol. The number of halogens is 1. The Morgan fingerprint density at radius 1 is 1.03 bits per heavy atom. The minimum absolute atomic E-state index is 0.183. The topological polar surface area (TPSA) is 68.0 Å². The van der Waals surface area contributed by atoms with Crippen LogP contribution < -0.4 is 11.1 Å². The minimum Gasteiger partial charge on any atom is -0.383 e. The fourth-order valence-corrected chi connectivity index (χ4v) is 3.68. The Bertz CT molecular complexity index is 1280. The molecule has 0 aliphatic rings. The van der Waals surface area contributed by atoms with Crippen molar-refractivity contribution in [3.8, 4) is 11.1 Å². The molecule has 1 aromatic heterocycles. The molecule has 31 heavy (non-hydrogen) atoms. The van der Waals surface area contributed by atoms with Gasteiger partial charge in [-0.3, -0.25) is 4.79 Å². The quantitative estimate of drug-likeness (QED) is 0.434. The minimum atomic E-state index is -0.441. The lowest BCUT2D eigenvalue weighted by Crippen LogP contribution is -2.14. The molecular formula is C26H24FN3O. The third kappa shape index (κ3) is 4.56. The summed E-state index contributed by atoms with van der Waals surface area (Å²) in [5.74, 6) is -0.301. The van der Waals surface area contributed by atoms with Gasteiger partial charge in [-0.05, 0) is 78.4 Å². The smallest absolute Gasteiger partial charge is 0.224 e. The van der Waals surface area contributed by atoms with Gasteiger partial charge in [0.05, 0.1) is 11.2 Å². The molecule has 0 aliphatic heterocycles. The van der Waals surface area contributed by atoms with Crippen molar-refractivity contribution in [3.05, 3.63) is 89.2 Å². The first-order chi connectivity index (χ1) is 14.9. The van der Waals surface area contributed by atoms with Crippen LogP contribution in [-0.4, -0.2) is 10.9 Å². The Kier molecular flexibility index (Phi) is 5.67. The molecule has 0 spiro atoms. The molecule has 1 amide bonds. The van der Waals surface area contributed by atoms with Crippen molar-refractivity contribution in [2.24, 2.45) is 0 Å². The average Bonchev–Trinajstić information content (AvgIpc) is 2.74. The molecule has 4 nitrogen and oxygen atoms in total. The van der Waals surface area contributed by atoms with Crippen LogP contribution in [0.15, 0.2) is 66.7 Å². The number of aromatic nitrogens is 1. The van der Waals surface area contributed by atoms with Crippen LogP contribution in [0.5, 0.6) is 0 Å². The number of rotatable bonds is 5. The van der Waals surface area contributed by atoms with Gasteiger partial charge in [-0.1, -0.05) is 36.4 Å². The molecule has 0 bridgehead atoms. The molecule has 0 unspecified atom stereocenters. The maximum atomic E-state index is 14.0. The summed E-state index contributed by atoms with van der Waals surface area (Å²) >= 11 is 0. The first-order valence-corrected chi connectivity index (χ1v) is 10.2. The Labute approximate surface area is 180 Å². The molecule has 0 fully saturated rings. The van der Waals surface area contributed by atoms with Gasteiger partial charge in [-0.2, -0.15) is 0 Å². The number of benzene rings is 3. The lowest BCUT2D eigenvalue weighted by Gasteiger charge is -2.11. The van der Waals surface area contributed by atoms with Crippen molar-refractivity contribution in [1.82, 2.24) is 4.98 Å². The molecule has 156 valence electrons. The van der Waals surface area contributed by atoms with Crippen molar-refractivity contribution in [3.63, 3.8) is 0 Å². The number of pyridine rings is 1. The zero-order valence-electron chi connectivity index (χ0n) is 17.6. The molecule has 3 aromatic carbocycles. The highest BCUT2D eigenvalue weighted by molar-refractivity contribution is 5.91. The van der Waals surface area contributed by atoms with Gasteiger partial charge in [0.25, 0.3) is 0 Å². The fourth-order valence-electron chi connectivity index (χ4n) is 3.68. The van der Waals surface area contributed by atoms with Gasteiger partial charge in [0.15, 0.2) is 0 Å². The van der Waals surface area contributed by atoms with Crippen molar-refractivity contribution in [1.29, 1.82) is 0 Å². The van der Waals surface area contributed by atoms with Gasteiger partial charge >= 0.3 is 0 Å². The molecule has 4 aromatic rings. The van der Waals surface area contributed by atoms with Gasteiger partial charge < -0.3 is 11.1 Å². The molecule has 0 saturated carbocycles. The number of aryl methyl sites for hydroxylation is 3. The number of hydrogen-bond donors (Lipinski definition) is 2. The zero-order chi connectivity index (χ0) is 22.0. The highest BCUT2D eigenvalue weighted by atomic mass is 19.1. The van der Waals surface area contributed by atoms with Gasteiger partial charge in [-0.25, -0.2) is 9.37 Å². The van der Waals surface area contributed by atoms with E-state index in [0.717, 1.165) is 27.6 Å². The molecule has 5 heteroatoms. The first-order valence-electron chi connectivity index (χ1n) is 10.2. The second kappa shape index (κ2) is 8.56. The summed E-state index contributed by atoms with van der Waals surface area (Å²) in [4.78, 5) is 16.8. The largest absolute Gasteiger partial charge is 0.383 e. The predicted molar refractivity (Wildman–Crippen MR) is 124 cm³/mol. The third-order valence-electron chi connectivity index (χ3n) is 5.40. The Hall–Kier alpha value is -3.73. The highest BCUT2D eigenvalue weighted by Gasteiger charge is 2.11. The molecule has 0 radical (unpaired) electrons. The van der Waals surface area contributed by atoms with E-state index >= 15 is 0 Å². The number of amides is 1. The molecule has 3 N–H and O–H groups in total. The van der Waals surface area contributed by atoms with Crippen LogP contribution in [0.3, 0.4) is 0 Å². The summed E-state index contributed by atoms with van der Waals surface area (Å²) < 4.78 is 14.0. The maximum Gasteiger partial charge on any atom is 0.224 e. The number of carbonyl (C=O) groups excluding carboxylic acids is 1. The number of anilines is 2. The van der Waals surface area contributed by atoms with Crippen LogP contribution in [0.2, 0.25) is 0 Å². The van der Waals surface area contributed by atoms with E-state index in [4.69, 9.17) is 5.73 Å². The maximum absolute atomic E-state index is 14.0. The SMILES string of the molecule is Cc1ccc(NC(=O)CCc2cc3cc(-c4ccccc4C)ccc3nc2N)c(F)c1. The molecule has 0 atom stereocenters. The van der Waals surface area contributed by atoms with Crippen LogP contribution in [0, 0.1) is 19.7 Å². The number of nitrogens with zero attached hydrogens (tertiary/aromatic N) is 1. The normalized spacial score (nSPS) is 10.9. The van der Waals surface area contributed by atoms with E-state index in [2.05, 4.69) is 35.4 Å². The second-order valence-electron chi connectivity index (χ2n) is 7.79. The van der Waals surface area contributed by atoms with E-state index in [-0.39, 0.29) is 18.0 Å². The zero-order valence-corrected chi connectivity index (χ0v) is 17.6. The van der Waals surface area contributed by atoms with Gasteiger partial charge in [0.1, 0.15) is 11.6 Å². The van der Waals surface area contributed by atoms with E-state index in [0.29, 0.717) is 12.2 Å². The van der Waals surface area contributed by atoms with Crippen molar-refractivity contribution in [2.45, 2.75) is 26.7 Å². The van der Waals surface area contributed by atoms with Crippen LogP contribution in [0.1, 0.15) is 23.1 Å². The lowest BCUT2D eigenvalue weighted by atomic mass is 9.98. The summed E-state index contributed by atoms with van der Waals surface area (Å²) in [6, 6.07) is 21.0. The van der Waals surface area contributed by atoms with E-state index in [1.54, 1.807) is 19.1 Å². The first kappa shape index (κ1) is 20.5. The van der Waals surface area contributed by atoms with Crippen LogP contribution in [0.25, 0.3) is 22.0 Å². The molecular weight excluding hydrogens is 389 g/mol. The van der Waals surface area contributed by atoms with Gasteiger partial charge in [-0.15, -0.1) is 0 Å². The molecule has 4 rings (SSSR count). The Morgan fingerprint density at radius 2 is 1.84 bits per heavy atom. The van der Waals surface area contributed by atoms with Gasteiger partial charge in [0.2, 0.25) is 5.91 Å². The second-order valence-corrected chi connectivity index (χ2v) is 7.79. The number of nitrogens with one attached hydrogen (secondary N) is 1. The van der Waals surface area contributed by atoms with Crippen molar-refractivity contribution < 1.29 is 9.18 Å². The number of hydrogen-bond acceptors (Lipinski definition) is 3. The van der Waals surface area contributed by atoms with Crippen LogP contribution >= 0.6 is 0 Å². The highest BCUT2D eigenvalue weighted by Crippen LogP contribution is 2.28. The van der Waals surface area contributed by atoms with E-state index < -0.39 is 5.82 Å². The lowest BCUT2D eigenvalue weighted by molar-refractivity contribution is -0.116. The number of carbonyl (C=O) groups is 1. The number of nitrogens with two attached hydrogens (primary N) is 1. The molecule has 1 heterocycles. The summed E-state index contributed by atoms with van der Waals surface area (Å²) in [6.07, 6.45) is 0.602. The van der Waals surface area contributed by atoms with Crippen LogP contribution in [0.4, 0.5) is 15.9 Å². The summed E-state index contributed by atoms with van der Waals surface area (Å²) in [5.41, 5.74) is 12.2. The molecule has 0 saturated heterocycles. The summed E-state index contributed by atoms with van der Waals surface area (Å²) in [5, 5.41) is 3.59. The van der Waals surface area contributed by atoms with Crippen molar-refractivity contribution in [2.75, 3.05) is 11.1 Å². The summed E-state index contributed by atoms with van der Waals surface area (Å²) in [6.45, 7) is 3.89. The third-order valence-corrected chi connectivity index (χ3v) is 5.40. The Morgan fingerprint density at radius 3 is 2.61 bits per heavy atom. The molecule has 0 aliphatic carbocycles. The monoisotopic (exact) mass is 413 g/mol. The standard InChI is InChI=1S/C26H24FN3O/c1-16-7-10-24(22(27)13-16)29-25(31)12-9-19-15-20-14-18(8-11-23(20)30-26(19)28)21-6-4-3-5-17(21)2/h3-8,10-11,13-15H,9,12H2,1-2H3,(H2,28,30)(H,29,31). The number of fused-ring (bicyclic) bond motifs is 1. The fraction of sp³-hybridized carbons (Fsp3) is 0.154. The number of nitrogen functional groups attached to an aromatic ring is 1. The van der Waals surface area contributed by atoms with E-state index in [1.165, 1.54) is 17.2 Å². The summed E-state index contributed by atoms with van der Waals surface area (Å²) in [7, 11) is 0. The van der Waals surface area contributed by atoms with Crippen molar-refractivity contribution >= 4 is 28.3 Å².